The second-order valence-corrected chi connectivity index (χ2v) is 10.6. The second kappa shape index (κ2) is 12.7. The molecule has 0 N–H and O–H groups in total. The summed E-state index contributed by atoms with van der Waals surface area (Å²) < 4.78 is 14.5. The first-order valence-electron chi connectivity index (χ1n) is 13.2. The molecular formula is C31H28Cl2FN5O2. The third kappa shape index (κ3) is 6.50. The zero-order valence-corrected chi connectivity index (χ0v) is 23.9. The van der Waals surface area contributed by atoms with E-state index in [0.29, 0.717) is 47.7 Å². The topological polar surface area (TPSA) is 69.6 Å². The molecule has 1 aliphatic rings. The van der Waals surface area contributed by atoms with Crippen molar-refractivity contribution >= 4 is 40.8 Å². The van der Waals surface area contributed by atoms with Crippen molar-refractivity contribution in [2.45, 2.75) is 13.0 Å². The normalized spacial score (nSPS) is 14.0. The molecule has 210 valence electrons. The summed E-state index contributed by atoms with van der Waals surface area (Å²) in [5.74, 6) is -0.646. The fourth-order valence-electron chi connectivity index (χ4n) is 4.85. The second-order valence-electron chi connectivity index (χ2n) is 9.77. The van der Waals surface area contributed by atoms with Crippen molar-refractivity contribution < 1.29 is 14.0 Å². The summed E-state index contributed by atoms with van der Waals surface area (Å²) in [7, 11) is 0. The van der Waals surface area contributed by atoms with Crippen LogP contribution in [-0.4, -0.2) is 64.5 Å². The SMILES string of the molecule is CC(c1ccccc1)N(CC(=O)N1CCN(c2ccc(-c3ccc(Cl)cc3Cl)nn2)CC1)C(=O)c1ccccc1F. The van der Waals surface area contributed by atoms with Gasteiger partial charge in [0.05, 0.1) is 22.3 Å². The van der Waals surface area contributed by atoms with Crippen molar-refractivity contribution in [2.24, 2.45) is 0 Å². The Balaban J connectivity index is 1.26. The first-order chi connectivity index (χ1) is 19.8. The Hall–Kier alpha value is -4.01. The van der Waals surface area contributed by atoms with E-state index in [4.69, 9.17) is 23.2 Å². The number of nitrogens with zero attached hydrogens (tertiary/aromatic N) is 5. The van der Waals surface area contributed by atoms with Crippen LogP contribution in [0.5, 0.6) is 0 Å². The van der Waals surface area contributed by atoms with Gasteiger partial charge in [0.1, 0.15) is 12.4 Å². The molecular weight excluding hydrogens is 564 g/mol. The number of hydrogen-bond donors (Lipinski definition) is 0. The smallest absolute Gasteiger partial charge is 0.257 e. The molecule has 5 rings (SSSR count). The zero-order valence-electron chi connectivity index (χ0n) is 22.4. The van der Waals surface area contributed by atoms with Crippen molar-refractivity contribution in [2.75, 3.05) is 37.6 Å². The number of aromatic nitrogens is 2. The van der Waals surface area contributed by atoms with E-state index in [1.165, 1.54) is 23.1 Å². The van der Waals surface area contributed by atoms with Gasteiger partial charge in [-0.15, -0.1) is 10.2 Å². The molecule has 1 fully saturated rings. The van der Waals surface area contributed by atoms with Crippen LogP contribution in [0.15, 0.2) is 84.9 Å². The molecule has 1 unspecified atom stereocenters. The van der Waals surface area contributed by atoms with Gasteiger partial charge in [-0.05, 0) is 55.0 Å². The van der Waals surface area contributed by atoms with E-state index in [1.807, 2.05) is 49.4 Å². The molecule has 4 aromatic rings. The zero-order chi connectivity index (χ0) is 28.9. The van der Waals surface area contributed by atoms with Crippen molar-refractivity contribution in [3.63, 3.8) is 0 Å². The number of carbonyl (C=O) groups excluding carboxylic acids is 2. The summed E-state index contributed by atoms with van der Waals surface area (Å²) in [6.45, 7) is 3.69. The summed E-state index contributed by atoms with van der Waals surface area (Å²) in [6.07, 6.45) is 0. The lowest BCUT2D eigenvalue weighted by Crippen LogP contribution is -2.52. The Morgan fingerprint density at radius 2 is 1.61 bits per heavy atom. The van der Waals surface area contributed by atoms with Gasteiger partial charge in [-0.1, -0.05) is 65.7 Å². The highest BCUT2D eigenvalue weighted by Crippen LogP contribution is 2.29. The van der Waals surface area contributed by atoms with Crippen LogP contribution >= 0.6 is 23.2 Å². The highest BCUT2D eigenvalue weighted by atomic mass is 35.5. The average Bonchev–Trinajstić information content (AvgIpc) is 3.00. The van der Waals surface area contributed by atoms with Crippen molar-refractivity contribution in [1.29, 1.82) is 0 Å². The van der Waals surface area contributed by atoms with Crippen LogP contribution in [0.3, 0.4) is 0 Å². The Morgan fingerprint density at radius 1 is 0.902 bits per heavy atom. The minimum atomic E-state index is -0.616. The molecule has 1 aromatic heterocycles. The molecule has 1 atom stereocenters. The van der Waals surface area contributed by atoms with Gasteiger partial charge in [0.2, 0.25) is 5.91 Å². The quantitative estimate of drug-likeness (QED) is 0.258. The van der Waals surface area contributed by atoms with Gasteiger partial charge in [0.15, 0.2) is 5.82 Å². The third-order valence-electron chi connectivity index (χ3n) is 7.23. The van der Waals surface area contributed by atoms with E-state index in [9.17, 15) is 14.0 Å². The Labute approximate surface area is 248 Å². The van der Waals surface area contributed by atoms with E-state index in [0.717, 1.165) is 11.1 Å². The highest BCUT2D eigenvalue weighted by Gasteiger charge is 2.30. The number of hydrogen-bond acceptors (Lipinski definition) is 5. The number of piperazine rings is 1. The van der Waals surface area contributed by atoms with Crippen LogP contribution in [0, 0.1) is 5.82 Å². The van der Waals surface area contributed by atoms with Gasteiger partial charge in [-0.25, -0.2) is 4.39 Å². The minimum absolute atomic E-state index is 0.0604. The maximum atomic E-state index is 14.5. The fourth-order valence-corrected chi connectivity index (χ4v) is 5.36. The van der Waals surface area contributed by atoms with Gasteiger partial charge in [0, 0.05) is 36.8 Å². The monoisotopic (exact) mass is 591 g/mol. The molecule has 1 saturated heterocycles. The summed E-state index contributed by atoms with van der Waals surface area (Å²) in [5, 5.41) is 9.75. The molecule has 2 amide bonds. The number of rotatable bonds is 7. The van der Waals surface area contributed by atoms with E-state index in [-0.39, 0.29) is 18.0 Å². The fraction of sp³-hybridized carbons (Fsp3) is 0.226. The Morgan fingerprint density at radius 3 is 2.27 bits per heavy atom. The first kappa shape index (κ1) is 28.5. The molecule has 41 heavy (non-hydrogen) atoms. The van der Waals surface area contributed by atoms with E-state index >= 15 is 0 Å². The van der Waals surface area contributed by atoms with Crippen LogP contribution in [0.1, 0.15) is 28.9 Å². The molecule has 0 bridgehead atoms. The molecule has 7 nitrogen and oxygen atoms in total. The van der Waals surface area contributed by atoms with Crippen LogP contribution in [0.2, 0.25) is 10.0 Å². The Bertz CT molecular complexity index is 1530. The van der Waals surface area contributed by atoms with Gasteiger partial charge >= 0.3 is 0 Å². The largest absolute Gasteiger partial charge is 0.352 e. The maximum absolute atomic E-state index is 14.5. The van der Waals surface area contributed by atoms with Crippen LogP contribution in [-0.2, 0) is 4.79 Å². The van der Waals surface area contributed by atoms with E-state index < -0.39 is 17.8 Å². The third-order valence-corrected chi connectivity index (χ3v) is 7.78. The van der Waals surface area contributed by atoms with Gasteiger partial charge in [-0.2, -0.15) is 0 Å². The Kier molecular flexibility index (Phi) is 8.81. The standard InChI is InChI=1S/C31H28Cl2FN5O2/c1-21(22-7-3-2-4-8-22)39(31(41)25-9-5-6-10-27(25)34)20-30(40)38-17-15-37(16-18-38)29-14-13-28(35-36-29)24-12-11-23(32)19-26(24)33/h2-14,19,21H,15-18,20H2,1H3. The average molecular weight is 593 g/mol. The lowest BCUT2D eigenvalue weighted by atomic mass is 10.0. The highest BCUT2D eigenvalue weighted by molar-refractivity contribution is 6.36. The lowest BCUT2D eigenvalue weighted by Gasteiger charge is -2.37. The summed E-state index contributed by atoms with van der Waals surface area (Å²) in [5.41, 5.74) is 2.17. The van der Waals surface area contributed by atoms with Crippen LogP contribution in [0.4, 0.5) is 10.2 Å². The summed E-state index contributed by atoms with van der Waals surface area (Å²) in [4.78, 5) is 32.1. The van der Waals surface area contributed by atoms with Crippen molar-refractivity contribution in [3.05, 3.63) is 112 Å². The molecule has 0 radical (unpaired) electrons. The maximum Gasteiger partial charge on any atom is 0.257 e. The predicted octanol–water partition coefficient (Wildman–Crippen LogP) is 6.14. The predicted molar refractivity (Wildman–Crippen MR) is 159 cm³/mol. The van der Waals surface area contributed by atoms with E-state index in [2.05, 4.69) is 15.1 Å². The van der Waals surface area contributed by atoms with Crippen LogP contribution in [0.25, 0.3) is 11.3 Å². The number of carbonyl (C=O) groups is 2. The minimum Gasteiger partial charge on any atom is -0.352 e. The molecule has 10 heteroatoms. The van der Waals surface area contributed by atoms with Crippen molar-refractivity contribution in [3.8, 4) is 11.3 Å². The first-order valence-corrected chi connectivity index (χ1v) is 14.0. The van der Waals surface area contributed by atoms with Gasteiger partial charge in [0.25, 0.3) is 5.91 Å². The van der Waals surface area contributed by atoms with Gasteiger partial charge < -0.3 is 14.7 Å². The van der Waals surface area contributed by atoms with E-state index in [1.54, 1.807) is 29.2 Å². The number of benzene rings is 3. The molecule has 0 aliphatic carbocycles. The number of halogens is 3. The molecule has 2 heterocycles. The van der Waals surface area contributed by atoms with Crippen LogP contribution < -0.4 is 4.90 Å². The summed E-state index contributed by atoms with van der Waals surface area (Å²) in [6, 6.07) is 23.8. The summed E-state index contributed by atoms with van der Waals surface area (Å²) >= 11 is 12.3. The van der Waals surface area contributed by atoms with Gasteiger partial charge in [-0.3, -0.25) is 9.59 Å². The molecule has 0 saturated carbocycles. The molecule has 1 aliphatic heterocycles. The molecule has 3 aromatic carbocycles. The number of amides is 2. The molecule has 0 spiro atoms. The number of anilines is 1. The lowest BCUT2D eigenvalue weighted by molar-refractivity contribution is -0.132. The van der Waals surface area contributed by atoms with Crippen molar-refractivity contribution in [1.82, 2.24) is 20.0 Å².